The lowest BCUT2D eigenvalue weighted by Crippen LogP contribution is -2.63. The zero-order valence-corrected chi connectivity index (χ0v) is 12.1. The van der Waals surface area contributed by atoms with Crippen LogP contribution in [0.3, 0.4) is 0 Å². The molecule has 3 rings (SSSR count). The number of carbonyl (C=O) groups is 1. The van der Waals surface area contributed by atoms with Crippen LogP contribution in [0.25, 0.3) is 0 Å². The summed E-state index contributed by atoms with van der Waals surface area (Å²) in [6.45, 7) is -0.0597. The molecule has 0 radical (unpaired) electrons. The van der Waals surface area contributed by atoms with E-state index in [1.165, 1.54) is 18.2 Å². The lowest BCUT2D eigenvalue weighted by atomic mass is 9.95. The highest BCUT2D eigenvalue weighted by Crippen LogP contribution is 2.41. The quantitative estimate of drug-likeness (QED) is 0.937. The van der Waals surface area contributed by atoms with Gasteiger partial charge in [0, 0.05) is 6.54 Å². The normalized spacial score (nSPS) is 20.7. The molecular weight excluding hydrogens is 307 g/mol. The summed E-state index contributed by atoms with van der Waals surface area (Å²) >= 11 is 0. The molecule has 2 aromatic rings. The minimum Gasteiger partial charge on any atom is -0.462 e. The summed E-state index contributed by atoms with van der Waals surface area (Å²) < 4.78 is 46.1. The van der Waals surface area contributed by atoms with E-state index in [0.29, 0.717) is 5.56 Å². The number of para-hydroxylation sites is 1. The molecule has 6 heteroatoms. The zero-order valence-electron chi connectivity index (χ0n) is 12.1. The van der Waals surface area contributed by atoms with Crippen LogP contribution in [0, 0.1) is 0 Å². The molecule has 0 fully saturated rings. The number of rotatable bonds is 3. The number of alkyl halides is 3. The van der Waals surface area contributed by atoms with Crippen molar-refractivity contribution < 1.29 is 22.7 Å². The molecule has 0 amide bonds. The summed E-state index contributed by atoms with van der Waals surface area (Å²) in [7, 11) is 0. The van der Waals surface area contributed by atoms with Crippen molar-refractivity contribution in [3.63, 3.8) is 0 Å². The number of ketones is 1. The third-order valence-electron chi connectivity index (χ3n) is 3.76. The van der Waals surface area contributed by atoms with E-state index in [2.05, 4.69) is 5.32 Å². The van der Waals surface area contributed by atoms with Crippen molar-refractivity contribution in [3.05, 3.63) is 65.7 Å². The summed E-state index contributed by atoms with van der Waals surface area (Å²) in [4.78, 5) is 12.1. The highest BCUT2D eigenvalue weighted by molar-refractivity contribution is 6.00. The topological polar surface area (TPSA) is 38.3 Å². The summed E-state index contributed by atoms with van der Waals surface area (Å²) in [5.41, 5.74) is -1.87. The van der Waals surface area contributed by atoms with Crippen LogP contribution >= 0.6 is 0 Å². The van der Waals surface area contributed by atoms with E-state index in [1.807, 2.05) is 0 Å². The number of nitrogens with one attached hydrogen (secondary N) is 1. The van der Waals surface area contributed by atoms with Crippen LogP contribution in [-0.2, 0) is 6.54 Å². The van der Waals surface area contributed by atoms with Crippen LogP contribution in [0.5, 0.6) is 5.75 Å². The minimum atomic E-state index is -4.73. The first-order chi connectivity index (χ1) is 10.9. The average Bonchev–Trinajstić information content (AvgIpc) is 2.53. The fourth-order valence-electron chi connectivity index (χ4n) is 2.53. The Kier molecular flexibility index (Phi) is 3.85. The van der Waals surface area contributed by atoms with Gasteiger partial charge in [-0.15, -0.1) is 0 Å². The summed E-state index contributed by atoms with van der Waals surface area (Å²) in [6.07, 6.45) is -5.52. The van der Waals surface area contributed by atoms with Crippen LogP contribution in [0.15, 0.2) is 54.6 Å². The molecule has 1 N–H and O–H groups in total. The Morgan fingerprint density at radius 2 is 1.70 bits per heavy atom. The average molecular weight is 321 g/mol. The first-order valence-corrected chi connectivity index (χ1v) is 7.08. The lowest BCUT2D eigenvalue weighted by molar-refractivity contribution is -0.261. The maximum atomic E-state index is 13.6. The molecule has 0 saturated heterocycles. The van der Waals surface area contributed by atoms with Gasteiger partial charge in [-0.1, -0.05) is 42.5 Å². The molecule has 23 heavy (non-hydrogen) atoms. The Morgan fingerprint density at radius 1 is 1.04 bits per heavy atom. The number of halogens is 3. The molecule has 3 nitrogen and oxygen atoms in total. The molecule has 0 aromatic heterocycles. The fraction of sp³-hybridized carbons (Fsp3) is 0.235. The van der Waals surface area contributed by atoms with Gasteiger partial charge in [0.1, 0.15) is 5.75 Å². The number of carbonyl (C=O) groups excluding carboxylic acids is 1. The number of fused-ring (bicyclic) bond motifs is 1. The number of ether oxygens (including phenoxy) is 1. The van der Waals surface area contributed by atoms with Crippen molar-refractivity contribution in [3.8, 4) is 5.75 Å². The van der Waals surface area contributed by atoms with Gasteiger partial charge in [-0.2, -0.15) is 13.2 Å². The number of hydrogen-bond donors (Lipinski definition) is 1. The van der Waals surface area contributed by atoms with E-state index in [9.17, 15) is 18.0 Å². The Labute approximate surface area is 131 Å². The van der Waals surface area contributed by atoms with E-state index >= 15 is 0 Å². The second-order valence-electron chi connectivity index (χ2n) is 5.36. The molecule has 2 aromatic carbocycles. The Bertz CT molecular complexity index is 715. The Morgan fingerprint density at radius 3 is 2.39 bits per heavy atom. The molecule has 0 spiro atoms. The molecule has 1 aliphatic heterocycles. The molecular formula is C17H14F3NO2. The van der Waals surface area contributed by atoms with Crippen molar-refractivity contribution >= 4 is 5.78 Å². The van der Waals surface area contributed by atoms with Crippen LogP contribution in [0.1, 0.15) is 22.3 Å². The van der Waals surface area contributed by atoms with Gasteiger partial charge in [-0.3, -0.25) is 10.1 Å². The second-order valence-corrected chi connectivity index (χ2v) is 5.36. The summed E-state index contributed by atoms with van der Waals surface area (Å²) in [5, 5.41) is 2.39. The van der Waals surface area contributed by atoms with Crippen molar-refractivity contribution in [2.45, 2.75) is 24.9 Å². The molecule has 0 saturated carbocycles. The third kappa shape index (κ3) is 2.94. The van der Waals surface area contributed by atoms with Gasteiger partial charge in [0.25, 0.3) is 5.72 Å². The molecule has 1 atom stereocenters. The fourth-order valence-corrected chi connectivity index (χ4v) is 2.53. The van der Waals surface area contributed by atoms with Crippen molar-refractivity contribution in [1.29, 1.82) is 0 Å². The molecule has 1 heterocycles. The molecule has 1 aliphatic rings. The van der Waals surface area contributed by atoms with E-state index in [0.717, 1.165) is 0 Å². The Balaban J connectivity index is 1.92. The van der Waals surface area contributed by atoms with Gasteiger partial charge in [-0.25, -0.2) is 0 Å². The van der Waals surface area contributed by atoms with Crippen molar-refractivity contribution in [1.82, 2.24) is 5.32 Å². The highest BCUT2D eigenvalue weighted by Gasteiger charge is 2.60. The first-order valence-electron chi connectivity index (χ1n) is 7.08. The van der Waals surface area contributed by atoms with Gasteiger partial charge >= 0.3 is 6.18 Å². The number of Topliss-reactive ketones (excluding diaryl/α,β-unsaturated/α-hetero) is 1. The van der Waals surface area contributed by atoms with E-state index in [-0.39, 0.29) is 17.9 Å². The van der Waals surface area contributed by atoms with Gasteiger partial charge < -0.3 is 4.74 Å². The maximum Gasteiger partial charge on any atom is 0.443 e. The zero-order chi connectivity index (χ0) is 16.5. The molecule has 0 aliphatic carbocycles. The third-order valence-corrected chi connectivity index (χ3v) is 3.76. The first kappa shape index (κ1) is 15.6. The second kappa shape index (κ2) is 5.70. The van der Waals surface area contributed by atoms with Gasteiger partial charge in [0.05, 0.1) is 12.0 Å². The van der Waals surface area contributed by atoms with Crippen LogP contribution in [0.2, 0.25) is 0 Å². The number of benzene rings is 2. The molecule has 0 bridgehead atoms. The maximum absolute atomic E-state index is 13.6. The van der Waals surface area contributed by atoms with Crippen LogP contribution in [-0.4, -0.2) is 17.7 Å². The van der Waals surface area contributed by atoms with Crippen LogP contribution in [0.4, 0.5) is 13.2 Å². The van der Waals surface area contributed by atoms with E-state index in [4.69, 9.17) is 4.74 Å². The van der Waals surface area contributed by atoms with E-state index < -0.39 is 24.1 Å². The predicted molar refractivity (Wildman–Crippen MR) is 78.1 cm³/mol. The summed E-state index contributed by atoms with van der Waals surface area (Å²) in [6, 6.07) is 14.6. The lowest BCUT2D eigenvalue weighted by Gasteiger charge is -2.39. The summed E-state index contributed by atoms with van der Waals surface area (Å²) in [5.74, 6) is -0.647. The predicted octanol–water partition coefficient (Wildman–Crippen LogP) is 3.70. The minimum absolute atomic E-state index is 0.0540. The monoisotopic (exact) mass is 321 g/mol. The van der Waals surface area contributed by atoms with Gasteiger partial charge in [0.2, 0.25) is 0 Å². The largest absolute Gasteiger partial charge is 0.462 e. The number of hydrogen-bond acceptors (Lipinski definition) is 3. The smallest absolute Gasteiger partial charge is 0.443 e. The standard InChI is InChI=1S/C17H14F3NO2/c18-17(19,20)16(21-11-12-6-2-1-3-7-12)10-14(22)13-8-4-5-9-15(13)23-16/h1-9,21H,10-11H2. The highest BCUT2D eigenvalue weighted by atomic mass is 19.4. The molecule has 120 valence electrons. The van der Waals surface area contributed by atoms with Gasteiger partial charge in [0.15, 0.2) is 5.78 Å². The molecule has 1 unspecified atom stereocenters. The van der Waals surface area contributed by atoms with Crippen molar-refractivity contribution in [2.24, 2.45) is 0 Å². The SMILES string of the molecule is O=C1CC(NCc2ccccc2)(C(F)(F)F)Oc2ccccc21. The van der Waals surface area contributed by atoms with Crippen molar-refractivity contribution in [2.75, 3.05) is 0 Å². The van der Waals surface area contributed by atoms with Crippen LogP contribution < -0.4 is 10.1 Å². The Hall–Kier alpha value is -2.34. The van der Waals surface area contributed by atoms with Gasteiger partial charge in [-0.05, 0) is 17.7 Å². The van der Waals surface area contributed by atoms with E-state index in [1.54, 1.807) is 36.4 Å².